The third-order valence-electron chi connectivity index (χ3n) is 3.22. The Morgan fingerprint density at radius 2 is 2.00 bits per heavy atom. The van der Waals surface area contributed by atoms with Crippen LogP contribution in [0, 0.1) is 0 Å². The molecule has 24 heavy (non-hydrogen) atoms. The minimum absolute atomic E-state index is 0.300. The predicted octanol–water partition coefficient (Wildman–Crippen LogP) is 3.41. The van der Waals surface area contributed by atoms with Crippen LogP contribution >= 0.6 is 0 Å². The molecule has 126 valence electrons. The number of nitrogens with zero attached hydrogens (tertiary/aromatic N) is 1. The Morgan fingerprint density at radius 1 is 1.21 bits per heavy atom. The number of esters is 1. The molecule has 0 radical (unpaired) electrons. The molecule has 0 saturated carbocycles. The molecule has 0 unspecified atom stereocenters. The summed E-state index contributed by atoms with van der Waals surface area (Å²) >= 11 is 0. The maximum absolute atomic E-state index is 11.8. The van der Waals surface area contributed by atoms with Crippen molar-refractivity contribution in [3.05, 3.63) is 72.1 Å². The first-order chi connectivity index (χ1) is 11.7. The lowest BCUT2D eigenvalue weighted by Gasteiger charge is -2.08. The molecule has 0 saturated heterocycles. The van der Waals surface area contributed by atoms with E-state index in [0.717, 1.165) is 11.3 Å². The molecule has 0 amide bonds. The average molecular weight is 327 g/mol. The van der Waals surface area contributed by atoms with E-state index in [0.29, 0.717) is 18.9 Å². The Balaban J connectivity index is 1.68. The fourth-order valence-corrected chi connectivity index (χ4v) is 1.97. The van der Waals surface area contributed by atoms with Gasteiger partial charge in [-0.25, -0.2) is 9.78 Å². The lowest BCUT2D eigenvalue weighted by Crippen LogP contribution is -2.14. The van der Waals surface area contributed by atoms with Gasteiger partial charge in [0.1, 0.15) is 17.5 Å². The first-order valence-corrected chi connectivity index (χ1v) is 7.68. The molecular weight excluding hydrogens is 306 g/mol. The molecule has 5 heteroatoms. The Bertz CT molecular complexity index is 653. The van der Waals surface area contributed by atoms with Gasteiger partial charge in [-0.05, 0) is 42.8 Å². The first-order valence-electron chi connectivity index (χ1n) is 7.68. The van der Waals surface area contributed by atoms with Gasteiger partial charge in [-0.2, -0.15) is 0 Å². The van der Waals surface area contributed by atoms with Crippen molar-refractivity contribution in [2.45, 2.75) is 19.6 Å². The smallest absolute Gasteiger partial charge is 0.357 e. The maximum Gasteiger partial charge on any atom is 0.357 e. The van der Waals surface area contributed by atoms with Gasteiger partial charge < -0.3 is 14.2 Å². The van der Waals surface area contributed by atoms with Gasteiger partial charge in [0.2, 0.25) is 0 Å². The molecule has 0 spiro atoms. The van der Waals surface area contributed by atoms with Gasteiger partial charge in [0.05, 0.1) is 20.3 Å². The maximum atomic E-state index is 11.8. The first kappa shape index (κ1) is 17.7. The predicted molar refractivity (Wildman–Crippen MR) is 90.9 cm³/mol. The largest absolute Gasteiger partial charge is 0.497 e. The van der Waals surface area contributed by atoms with E-state index in [1.54, 1.807) is 44.5 Å². The number of methoxy groups -OCH3 is 1. The zero-order valence-corrected chi connectivity index (χ0v) is 13.8. The number of rotatable bonds is 8. The summed E-state index contributed by atoms with van der Waals surface area (Å²) in [5.41, 5.74) is 1.37. The number of benzene rings is 1. The lowest BCUT2D eigenvalue weighted by atomic mass is 10.2. The van der Waals surface area contributed by atoms with Crippen LogP contribution in [0.15, 0.2) is 60.8 Å². The van der Waals surface area contributed by atoms with E-state index in [-0.39, 0.29) is 6.10 Å². The lowest BCUT2D eigenvalue weighted by molar-refractivity contribution is 0.0415. The Kier molecular flexibility index (Phi) is 6.98. The fourth-order valence-electron chi connectivity index (χ4n) is 1.97. The molecule has 0 aliphatic carbocycles. The van der Waals surface area contributed by atoms with Gasteiger partial charge in [0.25, 0.3) is 0 Å². The van der Waals surface area contributed by atoms with Crippen molar-refractivity contribution in [3.63, 3.8) is 0 Å². The highest BCUT2D eigenvalue weighted by Gasteiger charge is 2.10. The molecule has 1 aromatic heterocycles. The van der Waals surface area contributed by atoms with E-state index < -0.39 is 5.97 Å². The van der Waals surface area contributed by atoms with E-state index in [1.807, 2.05) is 30.3 Å². The van der Waals surface area contributed by atoms with Crippen LogP contribution in [0.3, 0.4) is 0 Å². The van der Waals surface area contributed by atoms with Crippen LogP contribution in [-0.4, -0.2) is 30.8 Å². The molecule has 0 N–H and O–H groups in total. The Morgan fingerprint density at radius 3 is 2.67 bits per heavy atom. The number of carbonyl (C=O) groups excluding carboxylic acids is 1. The summed E-state index contributed by atoms with van der Waals surface area (Å²) in [6.07, 6.45) is 4.84. The molecule has 1 heterocycles. The summed E-state index contributed by atoms with van der Waals surface area (Å²) in [5.74, 6) is 0.383. The quantitative estimate of drug-likeness (QED) is 0.422. The normalized spacial score (nSPS) is 12.1. The van der Waals surface area contributed by atoms with Crippen LogP contribution in [0.5, 0.6) is 5.75 Å². The van der Waals surface area contributed by atoms with Gasteiger partial charge in [-0.3, -0.25) is 0 Å². The number of hydrogen-bond donors (Lipinski definition) is 0. The fraction of sp³-hybridized carbons (Fsp3) is 0.263. The van der Waals surface area contributed by atoms with Crippen molar-refractivity contribution in [2.24, 2.45) is 0 Å². The van der Waals surface area contributed by atoms with Gasteiger partial charge in [-0.1, -0.05) is 24.3 Å². The number of ether oxygens (including phenoxy) is 3. The number of carbonyl (C=O) groups is 1. The molecule has 0 aliphatic rings. The van der Waals surface area contributed by atoms with Crippen LogP contribution in [0.25, 0.3) is 0 Å². The van der Waals surface area contributed by atoms with Crippen molar-refractivity contribution in [2.75, 3.05) is 13.7 Å². The molecular formula is C19H21NO4. The summed E-state index contributed by atoms with van der Waals surface area (Å²) in [6, 6.07) is 12.8. The Hall–Kier alpha value is -2.66. The molecule has 0 bridgehead atoms. The molecule has 2 rings (SSSR count). The highest BCUT2D eigenvalue weighted by atomic mass is 16.5. The van der Waals surface area contributed by atoms with Crippen LogP contribution in [0.1, 0.15) is 23.0 Å². The molecule has 2 aromatic rings. The van der Waals surface area contributed by atoms with Crippen LogP contribution < -0.4 is 4.74 Å². The van der Waals surface area contributed by atoms with Gasteiger partial charge in [0.15, 0.2) is 0 Å². The Labute approximate surface area is 141 Å². The number of aromatic nitrogens is 1. The van der Waals surface area contributed by atoms with E-state index in [2.05, 4.69) is 4.98 Å². The van der Waals surface area contributed by atoms with Crippen molar-refractivity contribution in [1.29, 1.82) is 0 Å². The third-order valence-corrected chi connectivity index (χ3v) is 3.22. The standard InChI is InChI=1S/C19H21NO4/c1-15(24-19(21)18-7-3-4-12-20-18)6-5-13-23-14-16-8-10-17(22-2)11-9-16/h3-12,15H,13-14H2,1-2H3/b6-5+/t15-/m0/s1. The number of hydrogen-bond acceptors (Lipinski definition) is 5. The number of pyridine rings is 1. The van der Waals surface area contributed by atoms with Crippen LogP contribution in [0.4, 0.5) is 0 Å². The second-order valence-electron chi connectivity index (χ2n) is 5.12. The average Bonchev–Trinajstić information content (AvgIpc) is 2.62. The molecule has 5 nitrogen and oxygen atoms in total. The topological polar surface area (TPSA) is 57.7 Å². The second-order valence-corrected chi connectivity index (χ2v) is 5.12. The summed E-state index contributed by atoms with van der Waals surface area (Å²) in [5, 5.41) is 0. The van der Waals surface area contributed by atoms with Crippen LogP contribution in [0.2, 0.25) is 0 Å². The van der Waals surface area contributed by atoms with E-state index in [1.165, 1.54) is 0 Å². The van der Waals surface area contributed by atoms with E-state index >= 15 is 0 Å². The summed E-state index contributed by atoms with van der Waals surface area (Å²) < 4.78 is 15.9. The van der Waals surface area contributed by atoms with E-state index in [9.17, 15) is 4.79 Å². The minimum Gasteiger partial charge on any atom is -0.497 e. The minimum atomic E-state index is -0.438. The zero-order valence-electron chi connectivity index (χ0n) is 13.8. The molecule has 1 atom stereocenters. The SMILES string of the molecule is COc1ccc(COC/C=C/[C@H](C)OC(=O)c2ccccn2)cc1. The summed E-state index contributed by atoms with van der Waals surface area (Å²) in [4.78, 5) is 15.8. The van der Waals surface area contributed by atoms with E-state index in [4.69, 9.17) is 14.2 Å². The summed E-state index contributed by atoms with van der Waals surface area (Å²) in [6.45, 7) is 2.74. The molecule has 0 fully saturated rings. The molecule has 1 aromatic carbocycles. The third kappa shape index (κ3) is 5.85. The van der Waals surface area contributed by atoms with Gasteiger partial charge in [0, 0.05) is 6.20 Å². The highest BCUT2D eigenvalue weighted by molar-refractivity contribution is 5.87. The monoisotopic (exact) mass is 327 g/mol. The van der Waals surface area contributed by atoms with Crippen molar-refractivity contribution >= 4 is 5.97 Å². The summed E-state index contributed by atoms with van der Waals surface area (Å²) in [7, 11) is 1.64. The van der Waals surface area contributed by atoms with Crippen LogP contribution in [-0.2, 0) is 16.1 Å². The highest BCUT2D eigenvalue weighted by Crippen LogP contribution is 2.11. The van der Waals surface area contributed by atoms with Crippen molar-refractivity contribution in [3.8, 4) is 5.75 Å². The zero-order chi connectivity index (χ0) is 17.2. The second kappa shape index (κ2) is 9.47. The molecule has 0 aliphatic heterocycles. The van der Waals surface area contributed by atoms with Crippen molar-refractivity contribution in [1.82, 2.24) is 4.98 Å². The van der Waals surface area contributed by atoms with Gasteiger partial charge in [-0.15, -0.1) is 0 Å². The van der Waals surface area contributed by atoms with Crippen molar-refractivity contribution < 1.29 is 19.0 Å². The van der Waals surface area contributed by atoms with Gasteiger partial charge >= 0.3 is 5.97 Å².